The Morgan fingerprint density at radius 1 is 1.24 bits per heavy atom. The zero-order valence-electron chi connectivity index (χ0n) is 11.9. The molecule has 1 aromatic carbocycles. The monoisotopic (exact) mass is 365 g/mol. The molecule has 1 aliphatic rings. The molecule has 1 saturated carbocycles. The first-order valence-corrected chi connectivity index (χ1v) is 8.33. The molecule has 1 heterocycles. The third-order valence-electron chi connectivity index (χ3n) is 4.07. The largest absolute Gasteiger partial charge is 0.383 e. The summed E-state index contributed by atoms with van der Waals surface area (Å²) >= 11 is 9.58. The lowest BCUT2D eigenvalue weighted by Crippen LogP contribution is -2.06. The molecule has 0 atom stereocenters. The van der Waals surface area contributed by atoms with Crippen LogP contribution in [0.5, 0.6) is 0 Å². The predicted octanol–water partition coefficient (Wildman–Crippen LogP) is 5.11. The van der Waals surface area contributed by atoms with E-state index < -0.39 is 0 Å². The Hall–Kier alpha value is -1.13. The Labute approximate surface area is 138 Å². The van der Waals surface area contributed by atoms with Crippen LogP contribution in [-0.2, 0) is 0 Å². The van der Waals surface area contributed by atoms with Crippen molar-refractivity contribution in [1.82, 2.24) is 9.97 Å². The lowest BCUT2D eigenvalue weighted by atomic mass is 10.0. The number of nitrogen functional groups attached to an aromatic ring is 1. The average molecular weight is 367 g/mol. The summed E-state index contributed by atoms with van der Waals surface area (Å²) in [4.78, 5) is 9.24. The summed E-state index contributed by atoms with van der Waals surface area (Å²) in [5.74, 6) is 1.68. The van der Waals surface area contributed by atoms with Gasteiger partial charge in [0.2, 0.25) is 0 Å². The summed E-state index contributed by atoms with van der Waals surface area (Å²) < 4.78 is 0.852. The van der Waals surface area contributed by atoms with E-state index in [4.69, 9.17) is 22.3 Å². The van der Waals surface area contributed by atoms with Crippen molar-refractivity contribution in [3.05, 3.63) is 39.0 Å². The van der Waals surface area contributed by atoms with Crippen molar-refractivity contribution in [3.8, 4) is 11.4 Å². The van der Waals surface area contributed by atoms with Crippen LogP contribution in [0.4, 0.5) is 5.82 Å². The number of aryl methyl sites for hydroxylation is 1. The second kappa shape index (κ2) is 5.93. The van der Waals surface area contributed by atoms with E-state index in [0.29, 0.717) is 17.6 Å². The Morgan fingerprint density at radius 3 is 2.62 bits per heavy atom. The van der Waals surface area contributed by atoms with Gasteiger partial charge in [-0.05, 0) is 59.5 Å². The van der Waals surface area contributed by atoms with Gasteiger partial charge in [-0.3, -0.25) is 0 Å². The molecule has 0 aliphatic heterocycles. The Bertz CT molecular complexity index is 681. The summed E-state index contributed by atoms with van der Waals surface area (Å²) in [6.45, 7) is 2.01. The third-order valence-corrected chi connectivity index (χ3v) is 5.12. The normalized spacial score (nSPS) is 15.6. The first kappa shape index (κ1) is 14.8. The Balaban J connectivity index is 2.10. The maximum atomic E-state index is 6.08. The first-order chi connectivity index (χ1) is 10.1. The number of halogens is 2. The molecule has 110 valence electrons. The van der Waals surface area contributed by atoms with Crippen molar-refractivity contribution in [3.63, 3.8) is 0 Å². The van der Waals surface area contributed by atoms with Crippen LogP contribution in [-0.4, -0.2) is 9.97 Å². The molecule has 0 radical (unpaired) electrons. The predicted molar refractivity (Wildman–Crippen MR) is 90.5 cm³/mol. The van der Waals surface area contributed by atoms with Gasteiger partial charge in [0.25, 0.3) is 0 Å². The molecule has 1 aromatic heterocycles. The molecule has 0 spiro atoms. The van der Waals surface area contributed by atoms with Gasteiger partial charge in [-0.1, -0.05) is 24.4 Å². The number of rotatable bonds is 2. The van der Waals surface area contributed by atoms with Crippen LogP contribution >= 0.6 is 27.5 Å². The second-order valence-electron chi connectivity index (χ2n) is 5.57. The van der Waals surface area contributed by atoms with Crippen LogP contribution < -0.4 is 5.73 Å². The minimum absolute atomic E-state index is 0.482. The van der Waals surface area contributed by atoms with Crippen LogP contribution in [0.25, 0.3) is 11.4 Å². The van der Waals surface area contributed by atoms with E-state index >= 15 is 0 Å². The van der Waals surface area contributed by atoms with Gasteiger partial charge in [-0.15, -0.1) is 0 Å². The number of nitrogens with zero attached hydrogens (tertiary/aromatic N) is 2. The van der Waals surface area contributed by atoms with Gasteiger partial charge in [0.05, 0.1) is 10.2 Å². The minimum atomic E-state index is 0.482. The highest BCUT2D eigenvalue weighted by Crippen LogP contribution is 2.39. The van der Waals surface area contributed by atoms with Crippen molar-refractivity contribution in [2.24, 2.45) is 0 Å². The molecule has 2 N–H and O–H groups in total. The van der Waals surface area contributed by atoms with Crippen molar-refractivity contribution < 1.29 is 0 Å². The molecule has 21 heavy (non-hydrogen) atoms. The van der Waals surface area contributed by atoms with Crippen LogP contribution in [0.3, 0.4) is 0 Å². The van der Waals surface area contributed by atoms with Crippen molar-refractivity contribution in [1.29, 1.82) is 0 Å². The maximum Gasteiger partial charge on any atom is 0.162 e. The van der Waals surface area contributed by atoms with Crippen molar-refractivity contribution in [2.45, 2.75) is 38.5 Å². The third kappa shape index (κ3) is 2.92. The Kier molecular flexibility index (Phi) is 4.18. The fourth-order valence-electron chi connectivity index (χ4n) is 2.95. The average Bonchev–Trinajstić information content (AvgIpc) is 2.96. The standard InChI is InChI=1S/C16H17BrClN3/c1-9-8-11(18)6-7-12(9)16-20-14(10-4-2-3-5-10)13(17)15(19)21-16/h6-8,10H,2-5H2,1H3,(H2,19,20,21). The van der Waals surface area contributed by atoms with Gasteiger partial charge in [0.1, 0.15) is 5.82 Å². The highest BCUT2D eigenvalue weighted by molar-refractivity contribution is 9.10. The van der Waals surface area contributed by atoms with Crippen LogP contribution in [0.2, 0.25) is 5.02 Å². The SMILES string of the molecule is Cc1cc(Cl)ccc1-c1nc(N)c(Br)c(C2CCCC2)n1. The smallest absolute Gasteiger partial charge is 0.162 e. The summed E-state index contributed by atoms with van der Waals surface area (Å²) in [6, 6.07) is 5.74. The van der Waals surface area contributed by atoms with Gasteiger partial charge in [-0.2, -0.15) is 0 Å². The molecule has 5 heteroatoms. The zero-order valence-corrected chi connectivity index (χ0v) is 14.2. The number of hydrogen-bond acceptors (Lipinski definition) is 3. The van der Waals surface area contributed by atoms with E-state index in [2.05, 4.69) is 20.9 Å². The molecular weight excluding hydrogens is 350 g/mol. The molecule has 1 fully saturated rings. The molecule has 0 unspecified atom stereocenters. The summed E-state index contributed by atoms with van der Waals surface area (Å²) in [5, 5.41) is 0.720. The van der Waals surface area contributed by atoms with E-state index in [9.17, 15) is 0 Å². The molecule has 0 amide bonds. The summed E-state index contributed by atoms with van der Waals surface area (Å²) in [6.07, 6.45) is 4.87. The van der Waals surface area contributed by atoms with Crippen LogP contribution in [0.15, 0.2) is 22.7 Å². The lowest BCUT2D eigenvalue weighted by molar-refractivity contribution is 0.691. The van der Waals surface area contributed by atoms with Gasteiger partial charge >= 0.3 is 0 Å². The van der Waals surface area contributed by atoms with E-state index in [0.717, 1.165) is 26.3 Å². The molecule has 2 aromatic rings. The topological polar surface area (TPSA) is 51.8 Å². The number of aromatic nitrogens is 2. The number of nitrogens with two attached hydrogens (primary N) is 1. The minimum Gasteiger partial charge on any atom is -0.383 e. The maximum absolute atomic E-state index is 6.08. The molecule has 1 aliphatic carbocycles. The molecular formula is C16H17BrClN3. The van der Waals surface area contributed by atoms with E-state index in [1.807, 2.05) is 25.1 Å². The quantitative estimate of drug-likeness (QED) is 0.803. The number of hydrogen-bond donors (Lipinski definition) is 1. The summed E-state index contributed by atoms with van der Waals surface area (Å²) in [5.41, 5.74) is 9.17. The fourth-order valence-corrected chi connectivity index (χ4v) is 3.68. The van der Waals surface area contributed by atoms with E-state index in [-0.39, 0.29) is 0 Å². The van der Waals surface area contributed by atoms with Crippen LogP contribution in [0.1, 0.15) is 42.9 Å². The highest BCUT2D eigenvalue weighted by Gasteiger charge is 2.23. The van der Waals surface area contributed by atoms with Crippen molar-refractivity contribution in [2.75, 3.05) is 5.73 Å². The fraction of sp³-hybridized carbons (Fsp3) is 0.375. The second-order valence-corrected chi connectivity index (χ2v) is 6.80. The van der Waals surface area contributed by atoms with Gasteiger partial charge < -0.3 is 5.73 Å². The van der Waals surface area contributed by atoms with Gasteiger partial charge in [-0.25, -0.2) is 9.97 Å². The van der Waals surface area contributed by atoms with Crippen LogP contribution in [0, 0.1) is 6.92 Å². The number of anilines is 1. The Morgan fingerprint density at radius 2 is 1.95 bits per heavy atom. The lowest BCUT2D eigenvalue weighted by Gasteiger charge is -2.15. The van der Waals surface area contributed by atoms with E-state index in [1.54, 1.807) is 0 Å². The highest BCUT2D eigenvalue weighted by atomic mass is 79.9. The van der Waals surface area contributed by atoms with E-state index in [1.165, 1.54) is 25.7 Å². The van der Waals surface area contributed by atoms with Crippen molar-refractivity contribution >= 4 is 33.3 Å². The molecule has 3 nitrogen and oxygen atoms in total. The van der Waals surface area contributed by atoms with Gasteiger partial charge in [0.15, 0.2) is 5.82 Å². The van der Waals surface area contributed by atoms with Gasteiger partial charge in [0, 0.05) is 16.5 Å². The number of benzene rings is 1. The molecule has 0 saturated heterocycles. The summed E-state index contributed by atoms with van der Waals surface area (Å²) in [7, 11) is 0. The molecule has 0 bridgehead atoms. The zero-order chi connectivity index (χ0) is 15.0. The first-order valence-electron chi connectivity index (χ1n) is 7.15. The molecule has 3 rings (SSSR count).